The number of hydrogen-bond acceptors (Lipinski definition) is 4. The predicted molar refractivity (Wildman–Crippen MR) is 90.3 cm³/mol. The summed E-state index contributed by atoms with van der Waals surface area (Å²) in [5.74, 6) is -7.94. The lowest BCUT2D eigenvalue weighted by atomic mass is 10.1. The summed E-state index contributed by atoms with van der Waals surface area (Å²) in [7, 11) is 1.11. The van der Waals surface area contributed by atoms with Crippen molar-refractivity contribution in [3.63, 3.8) is 0 Å². The van der Waals surface area contributed by atoms with Gasteiger partial charge in [0.1, 0.15) is 11.2 Å². The van der Waals surface area contributed by atoms with E-state index in [1.165, 1.54) is 33.2 Å². The molecule has 1 unspecified atom stereocenters. The van der Waals surface area contributed by atoms with Crippen molar-refractivity contribution in [1.29, 1.82) is 0 Å². The maximum Gasteiger partial charge on any atom is 0.461 e. The Morgan fingerprint density at radius 1 is 1.39 bits per heavy atom. The molecule has 0 aromatic carbocycles. The Hall–Kier alpha value is -1.88. The molecule has 0 saturated heterocycles. The van der Waals surface area contributed by atoms with E-state index in [4.69, 9.17) is 16.3 Å². The van der Waals surface area contributed by atoms with Crippen molar-refractivity contribution in [2.24, 2.45) is 0 Å². The van der Waals surface area contributed by atoms with E-state index < -0.39 is 29.6 Å². The van der Waals surface area contributed by atoms with Crippen molar-refractivity contribution in [1.82, 2.24) is 9.55 Å². The van der Waals surface area contributed by atoms with Crippen LogP contribution in [0.2, 0.25) is 5.15 Å². The number of ether oxygens (including phenoxy) is 1. The fourth-order valence-electron chi connectivity index (χ4n) is 3.01. The van der Waals surface area contributed by atoms with E-state index >= 15 is 0 Å². The van der Waals surface area contributed by atoms with Gasteiger partial charge in [0.05, 0.1) is 19.4 Å². The first kappa shape index (κ1) is 20.8. The first-order chi connectivity index (χ1) is 13.0. The normalized spacial score (nSPS) is 16.9. The predicted octanol–water partition coefficient (Wildman–Crippen LogP) is 3.93. The van der Waals surface area contributed by atoms with Gasteiger partial charge in [0, 0.05) is 11.8 Å². The zero-order chi connectivity index (χ0) is 20.9. The number of halogens is 6. The standard InChI is InChI=1S/C16H14ClF5N3O2S/c1-3-24-13(27-2)11(12(26)15(18,19)16(20,21)22)25-9(7-28-14(24)25)8-4-5-10(17)23-6-8/h4-6,9H,3,7H2,1-2H3/q+1. The SMILES string of the molecule is CC[n+]1c(OC)c(C(=O)C(F)(F)C(F)(F)F)n2c1SCC2c1ccc(Cl)nc1. The summed E-state index contributed by atoms with van der Waals surface area (Å²) >= 11 is 6.98. The van der Waals surface area contributed by atoms with Crippen LogP contribution < -0.4 is 9.30 Å². The molecule has 1 atom stereocenters. The Morgan fingerprint density at radius 2 is 2.07 bits per heavy atom. The molecule has 5 nitrogen and oxygen atoms in total. The van der Waals surface area contributed by atoms with E-state index in [-0.39, 0.29) is 17.6 Å². The van der Waals surface area contributed by atoms with E-state index in [9.17, 15) is 26.7 Å². The molecule has 0 saturated carbocycles. The van der Waals surface area contributed by atoms with Crippen LogP contribution in [0.5, 0.6) is 5.88 Å². The number of imidazole rings is 1. The Balaban J connectivity index is 2.23. The number of carbonyl (C=O) groups excluding carboxylic acids is 1. The number of nitrogens with zero attached hydrogens (tertiary/aromatic N) is 3. The summed E-state index contributed by atoms with van der Waals surface area (Å²) in [4.78, 5) is 16.3. The highest BCUT2D eigenvalue weighted by Crippen LogP contribution is 2.44. The summed E-state index contributed by atoms with van der Waals surface area (Å²) < 4.78 is 74.0. The van der Waals surface area contributed by atoms with Crippen LogP contribution in [-0.2, 0) is 6.54 Å². The number of Topliss-reactive ketones (excluding diaryl/α,β-unsaturated/α-hetero) is 1. The highest BCUT2D eigenvalue weighted by Gasteiger charge is 2.66. The summed E-state index contributed by atoms with van der Waals surface area (Å²) in [6.07, 6.45) is -4.64. The van der Waals surface area contributed by atoms with Crippen molar-refractivity contribution in [2.45, 2.75) is 36.8 Å². The third-order valence-electron chi connectivity index (χ3n) is 4.31. The third-order valence-corrected chi connectivity index (χ3v) is 5.69. The average molecular weight is 443 g/mol. The maximum atomic E-state index is 13.9. The Labute approximate surface area is 165 Å². The van der Waals surface area contributed by atoms with Gasteiger partial charge in [-0.25, -0.2) is 9.55 Å². The van der Waals surface area contributed by atoms with Crippen LogP contribution in [-0.4, -0.2) is 40.3 Å². The van der Waals surface area contributed by atoms with Crippen LogP contribution in [0, 0.1) is 0 Å². The number of alkyl halides is 5. The molecular formula is C16H14ClF5N3O2S+. The lowest BCUT2D eigenvalue weighted by Gasteiger charge is -2.18. The molecule has 0 N–H and O–H groups in total. The molecule has 0 radical (unpaired) electrons. The molecule has 2 aromatic rings. The first-order valence-corrected chi connectivity index (χ1v) is 9.36. The van der Waals surface area contributed by atoms with Gasteiger partial charge in [0.15, 0.2) is 0 Å². The Bertz CT molecular complexity index is 914. The van der Waals surface area contributed by atoms with E-state index in [0.29, 0.717) is 16.5 Å². The molecule has 3 heterocycles. The smallest absolute Gasteiger partial charge is 0.461 e. The van der Waals surface area contributed by atoms with Crippen LogP contribution in [0.1, 0.15) is 29.0 Å². The van der Waals surface area contributed by atoms with E-state index in [0.717, 1.165) is 7.11 Å². The Kier molecular flexibility index (Phi) is 5.34. The minimum absolute atomic E-state index is 0.197. The van der Waals surface area contributed by atoms with Gasteiger partial charge in [-0.1, -0.05) is 17.7 Å². The van der Waals surface area contributed by atoms with Crippen molar-refractivity contribution >= 4 is 29.1 Å². The average Bonchev–Trinajstić information content (AvgIpc) is 3.17. The van der Waals surface area contributed by atoms with E-state index in [1.54, 1.807) is 13.0 Å². The summed E-state index contributed by atoms with van der Waals surface area (Å²) in [6.45, 7) is 1.87. The number of rotatable bonds is 5. The second kappa shape index (κ2) is 7.18. The van der Waals surface area contributed by atoms with Gasteiger partial charge in [0.2, 0.25) is 0 Å². The zero-order valence-electron chi connectivity index (χ0n) is 14.6. The minimum Gasteiger partial charge on any atom is -0.462 e. The first-order valence-electron chi connectivity index (χ1n) is 8.00. The fraction of sp³-hybridized carbons (Fsp3) is 0.438. The topological polar surface area (TPSA) is 48.0 Å². The molecule has 0 amide bonds. The van der Waals surface area contributed by atoms with Gasteiger partial charge < -0.3 is 4.74 Å². The second-order valence-electron chi connectivity index (χ2n) is 5.90. The lowest BCUT2D eigenvalue weighted by Crippen LogP contribution is -2.45. The van der Waals surface area contributed by atoms with Gasteiger partial charge in [-0.15, -0.1) is 0 Å². The molecule has 28 heavy (non-hydrogen) atoms. The highest BCUT2D eigenvalue weighted by molar-refractivity contribution is 7.99. The number of carbonyl (C=O) groups is 1. The molecular weight excluding hydrogens is 429 g/mol. The molecule has 152 valence electrons. The molecule has 12 heteroatoms. The summed E-state index contributed by atoms with van der Waals surface area (Å²) in [6, 6.07) is 2.36. The number of hydrogen-bond donors (Lipinski definition) is 0. The van der Waals surface area contributed by atoms with E-state index in [2.05, 4.69) is 4.98 Å². The van der Waals surface area contributed by atoms with Crippen molar-refractivity contribution in [3.05, 3.63) is 34.7 Å². The third kappa shape index (κ3) is 3.14. The monoisotopic (exact) mass is 442 g/mol. The molecule has 1 aliphatic heterocycles. The van der Waals surface area contributed by atoms with Gasteiger partial charge >= 0.3 is 23.1 Å². The molecule has 0 aliphatic carbocycles. The molecule has 0 bridgehead atoms. The lowest BCUT2D eigenvalue weighted by molar-refractivity contribution is -0.733. The Morgan fingerprint density at radius 3 is 2.57 bits per heavy atom. The van der Waals surface area contributed by atoms with Gasteiger partial charge in [0.25, 0.3) is 11.5 Å². The number of methoxy groups -OCH3 is 1. The van der Waals surface area contributed by atoms with Crippen molar-refractivity contribution in [3.8, 4) is 5.88 Å². The summed E-state index contributed by atoms with van der Waals surface area (Å²) in [5, 5.41) is 0.545. The number of ketones is 1. The fourth-order valence-corrected chi connectivity index (χ4v) is 4.49. The van der Waals surface area contributed by atoms with Crippen molar-refractivity contribution in [2.75, 3.05) is 12.9 Å². The van der Waals surface area contributed by atoms with Crippen LogP contribution in [0.25, 0.3) is 0 Å². The molecule has 0 fully saturated rings. The van der Waals surface area contributed by atoms with Crippen LogP contribution >= 0.6 is 23.4 Å². The summed E-state index contributed by atoms with van der Waals surface area (Å²) in [5.41, 5.74) is -0.312. The number of pyridine rings is 1. The molecule has 3 rings (SSSR count). The van der Waals surface area contributed by atoms with Gasteiger partial charge in [-0.05, 0) is 24.8 Å². The number of fused-ring (bicyclic) bond motifs is 1. The molecule has 2 aromatic heterocycles. The second-order valence-corrected chi connectivity index (χ2v) is 7.27. The van der Waals surface area contributed by atoms with Crippen LogP contribution in [0.4, 0.5) is 22.0 Å². The van der Waals surface area contributed by atoms with Crippen LogP contribution in [0.3, 0.4) is 0 Å². The van der Waals surface area contributed by atoms with Gasteiger partial charge in [-0.2, -0.15) is 26.5 Å². The van der Waals surface area contributed by atoms with E-state index in [1.807, 2.05) is 0 Å². The minimum atomic E-state index is -6.03. The molecule has 1 aliphatic rings. The number of aromatic nitrogens is 3. The van der Waals surface area contributed by atoms with Crippen molar-refractivity contribution < 1.29 is 36.1 Å². The zero-order valence-corrected chi connectivity index (χ0v) is 16.1. The van der Waals surface area contributed by atoms with Crippen LogP contribution in [0.15, 0.2) is 23.5 Å². The highest BCUT2D eigenvalue weighted by atomic mass is 35.5. The molecule has 0 spiro atoms. The largest absolute Gasteiger partial charge is 0.462 e. The quantitative estimate of drug-likeness (QED) is 0.305. The number of thioether (sulfide) groups is 1. The maximum absolute atomic E-state index is 13.9. The van der Waals surface area contributed by atoms with Gasteiger partial charge in [-0.3, -0.25) is 4.79 Å².